The molecule has 2 heterocycles. The molecule has 9 atom stereocenters. The number of phenolic OH excluding ortho intramolecular Hbond substituents is 1. The largest absolute Gasteiger partial charge is 0.508 e. The molecule has 1 aliphatic carbocycles. The third-order valence-corrected chi connectivity index (χ3v) is 6.86. The van der Waals surface area contributed by atoms with Crippen LogP contribution in [0.3, 0.4) is 0 Å². The van der Waals surface area contributed by atoms with Gasteiger partial charge in [0.1, 0.15) is 36.8 Å². The molecule has 0 aromatic heterocycles. The van der Waals surface area contributed by atoms with Gasteiger partial charge in [-0.1, -0.05) is 18.2 Å². The van der Waals surface area contributed by atoms with Crippen LogP contribution in [0.4, 0.5) is 0 Å². The fraction of sp³-hybridized carbons (Fsp3) is 0.481. The number of carbonyl (C=O) groups excluding carboxylic acids is 2. The maximum absolute atomic E-state index is 12.6. The molecule has 13 nitrogen and oxygen atoms in total. The highest BCUT2D eigenvalue weighted by atomic mass is 16.8. The molecule has 1 saturated heterocycles. The number of ether oxygens (including phenoxy) is 5. The van der Waals surface area contributed by atoms with E-state index in [0.717, 1.165) is 6.26 Å². The van der Waals surface area contributed by atoms with Crippen LogP contribution < -0.4 is 0 Å². The third-order valence-electron chi connectivity index (χ3n) is 6.86. The van der Waals surface area contributed by atoms with Crippen LogP contribution in [-0.2, 0) is 33.3 Å². The summed E-state index contributed by atoms with van der Waals surface area (Å²) in [5.41, 5.74) is 0.995. The van der Waals surface area contributed by atoms with Crippen molar-refractivity contribution >= 4 is 18.0 Å². The maximum atomic E-state index is 12.6. The molecule has 218 valence electrons. The lowest BCUT2D eigenvalue weighted by atomic mass is 9.82. The summed E-state index contributed by atoms with van der Waals surface area (Å²) in [5, 5.41) is 60.3. The van der Waals surface area contributed by atoms with E-state index in [4.69, 9.17) is 23.7 Å². The second kappa shape index (κ2) is 12.9. The predicted octanol–water partition coefficient (Wildman–Crippen LogP) is -0.898. The topological polar surface area (TPSA) is 202 Å². The summed E-state index contributed by atoms with van der Waals surface area (Å²) in [6.45, 7) is 0.696. The third kappa shape index (κ3) is 6.36. The van der Waals surface area contributed by atoms with Gasteiger partial charge in [-0.2, -0.15) is 0 Å². The molecular formula is C27H32O13. The number of aliphatic hydroxyl groups is 5. The van der Waals surface area contributed by atoms with E-state index in [1.54, 1.807) is 19.1 Å². The molecule has 0 spiro atoms. The summed E-state index contributed by atoms with van der Waals surface area (Å²) in [7, 11) is 0. The highest BCUT2D eigenvalue weighted by molar-refractivity contribution is 5.89. The van der Waals surface area contributed by atoms with E-state index < -0.39 is 73.5 Å². The number of hydrogen-bond donors (Lipinski definition) is 6. The Morgan fingerprint density at radius 1 is 0.975 bits per heavy atom. The molecule has 1 aromatic carbocycles. The van der Waals surface area contributed by atoms with Gasteiger partial charge in [0.05, 0.1) is 37.1 Å². The van der Waals surface area contributed by atoms with E-state index in [1.807, 2.05) is 0 Å². The Labute approximate surface area is 229 Å². The number of fused-ring (bicyclic) bond motifs is 1. The molecule has 1 unspecified atom stereocenters. The van der Waals surface area contributed by atoms with Crippen molar-refractivity contribution in [2.24, 2.45) is 11.8 Å². The highest BCUT2D eigenvalue weighted by Gasteiger charge is 2.52. The number of esters is 2. The monoisotopic (exact) mass is 564 g/mol. The van der Waals surface area contributed by atoms with Crippen LogP contribution in [0.2, 0.25) is 0 Å². The van der Waals surface area contributed by atoms with Gasteiger partial charge < -0.3 is 54.3 Å². The standard InChI is InChI=1S/C27H32O13/c1-2-36-25(35)16-12-38-26(40-27-24(34)23(33)22(32)18(10-28)39-27)20-14(9-17(30)21(16)20)11-37-19(31)8-5-13-3-6-15(29)7-4-13/h3-9,12,17-18,20-24,26-30,32-34H,2,10-11H2,1H3/b8-5+/t17-,18+,20+,21-,22+,23-,24+,26?,27-/m0/s1. The van der Waals surface area contributed by atoms with E-state index in [1.165, 1.54) is 30.4 Å². The van der Waals surface area contributed by atoms with Crippen LogP contribution >= 0.6 is 0 Å². The molecule has 1 fully saturated rings. The van der Waals surface area contributed by atoms with Crippen molar-refractivity contribution in [2.75, 3.05) is 19.8 Å². The lowest BCUT2D eigenvalue weighted by Crippen LogP contribution is -2.60. The Hall–Kier alpha value is -3.30. The van der Waals surface area contributed by atoms with Crippen LogP contribution in [0, 0.1) is 11.8 Å². The lowest BCUT2D eigenvalue weighted by Gasteiger charge is -2.43. The Morgan fingerprint density at radius 3 is 2.38 bits per heavy atom. The second-order valence-corrected chi connectivity index (χ2v) is 9.45. The average molecular weight is 565 g/mol. The second-order valence-electron chi connectivity index (χ2n) is 9.45. The van der Waals surface area contributed by atoms with Gasteiger partial charge in [-0.15, -0.1) is 0 Å². The molecule has 40 heavy (non-hydrogen) atoms. The van der Waals surface area contributed by atoms with Gasteiger partial charge in [-0.3, -0.25) is 0 Å². The summed E-state index contributed by atoms with van der Waals surface area (Å²) in [6.07, 6.45) is -5.22. The van der Waals surface area contributed by atoms with Gasteiger partial charge in [-0.05, 0) is 36.3 Å². The molecule has 0 bridgehead atoms. The van der Waals surface area contributed by atoms with Crippen LogP contribution in [0.5, 0.6) is 5.75 Å². The van der Waals surface area contributed by atoms with Gasteiger partial charge in [0, 0.05) is 12.0 Å². The minimum absolute atomic E-state index is 0.0119. The smallest absolute Gasteiger partial charge is 0.337 e. The molecule has 0 radical (unpaired) electrons. The van der Waals surface area contributed by atoms with E-state index in [-0.39, 0.29) is 24.5 Å². The lowest BCUT2D eigenvalue weighted by molar-refractivity contribution is -0.340. The van der Waals surface area contributed by atoms with Gasteiger partial charge >= 0.3 is 11.9 Å². The first-order chi connectivity index (χ1) is 19.1. The van der Waals surface area contributed by atoms with E-state index in [2.05, 4.69) is 0 Å². The zero-order chi connectivity index (χ0) is 29.0. The van der Waals surface area contributed by atoms with Gasteiger partial charge in [0.25, 0.3) is 0 Å². The van der Waals surface area contributed by atoms with E-state index in [9.17, 15) is 40.2 Å². The summed E-state index contributed by atoms with van der Waals surface area (Å²) in [5.74, 6) is -3.21. The van der Waals surface area contributed by atoms with E-state index in [0.29, 0.717) is 11.1 Å². The SMILES string of the molecule is CCOC(=O)C1=COC(O[C@@H]2O[C@H](CO)[C@@H](O)[C@H](O)[C@H]2O)[C@@H]2C(COC(=O)/C=C/c3ccc(O)cc3)=C[C@H](O)[C@H]12. The van der Waals surface area contributed by atoms with Crippen molar-refractivity contribution in [3.8, 4) is 5.75 Å². The van der Waals surface area contributed by atoms with Crippen molar-refractivity contribution < 1.29 is 63.9 Å². The zero-order valence-corrected chi connectivity index (χ0v) is 21.5. The Balaban J connectivity index is 1.52. The normalized spacial score (nSPS) is 33.5. The number of hydrogen-bond acceptors (Lipinski definition) is 13. The number of aromatic hydroxyl groups is 1. The van der Waals surface area contributed by atoms with E-state index >= 15 is 0 Å². The average Bonchev–Trinajstić information content (AvgIpc) is 3.28. The number of carbonyl (C=O) groups is 2. The molecule has 0 saturated carbocycles. The van der Waals surface area contributed by atoms with Crippen molar-refractivity contribution in [2.45, 2.75) is 50.0 Å². The van der Waals surface area contributed by atoms with Crippen molar-refractivity contribution in [3.63, 3.8) is 0 Å². The van der Waals surface area contributed by atoms with Gasteiger partial charge in [0.2, 0.25) is 6.29 Å². The van der Waals surface area contributed by atoms with Crippen LogP contribution in [0.25, 0.3) is 6.08 Å². The van der Waals surface area contributed by atoms with Crippen molar-refractivity contribution in [1.82, 2.24) is 0 Å². The number of rotatable bonds is 9. The first-order valence-electron chi connectivity index (χ1n) is 12.7. The Kier molecular flexibility index (Phi) is 9.58. The van der Waals surface area contributed by atoms with Crippen molar-refractivity contribution in [1.29, 1.82) is 0 Å². The zero-order valence-electron chi connectivity index (χ0n) is 21.5. The molecule has 2 aliphatic heterocycles. The summed E-state index contributed by atoms with van der Waals surface area (Å²) >= 11 is 0. The molecule has 4 rings (SSSR count). The van der Waals surface area contributed by atoms with Crippen LogP contribution in [0.1, 0.15) is 12.5 Å². The van der Waals surface area contributed by atoms with Gasteiger partial charge in [0.15, 0.2) is 6.29 Å². The predicted molar refractivity (Wildman–Crippen MR) is 134 cm³/mol. The summed E-state index contributed by atoms with van der Waals surface area (Å²) < 4.78 is 27.3. The quantitative estimate of drug-likeness (QED) is 0.123. The summed E-state index contributed by atoms with van der Waals surface area (Å²) in [6, 6.07) is 6.12. The first-order valence-corrected chi connectivity index (χ1v) is 12.7. The fourth-order valence-electron chi connectivity index (χ4n) is 4.83. The molecule has 3 aliphatic rings. The minimum atomic E-state index is -1.73. The molecule has 0 amide bonds. The molecule has 1 aromatic rings. The number of aliphatic hydroxyl groups excluding tert-OH is 5. The fourth-order valence-corrected chi connectivity index (χ4v) is 4.83. The van der Waals surface area contributed by atoms with Crippen molar-refractivity contribution in [3.05, 3.63) is 59.4 Å². The Morgan fingerprint density at radius 2 is 1.70 bits per heavy atom. The highest BCUT2D eigenvalue weighted by Crippen LogP contribution is 2.45. The van der Waals surface area contributed by atoms with Gasteiger partial charge in [-0.25, -0.2) is 9.59 Å². The molecule has 6 N–H and O–H groups in total. The minimum Gasteiger partial charge on any atom is -0.508 e. The number of phenols is 1. The summed E-state index contributed by atoms with van der Waals surface area (Å²) in [4.78, 5) is 25.0. The van der Waals surface area contributed by atoms with Crippen LogP contribution in [0.15, 0.2) is 53.8 Å². The number of benzene rings is 1. The first kappa shape index (κ1) is 29.7. The maximum Gasteiger partial charge on any atom is 0.337 e. The Bertz CT molecular complexity index is 1140. The van der Waals surface area contributed by atoms with Crippen LogP contribution in [-0.4, -0.2) is 105 Å². The molecule has 13 heteroatoms. The molecular weight excluding hydrogens is 532 g/mol.